The van der Waals surface area contributed by atoms with Gasteiger partial charge in [-0.05, 0) is 12.1 Å². The Morgan fingerprint density at radius 3 is 2.81 bits per heavy atom. The number of halogens is 2. The van der Waals surface area contributed by atoms with E-state index in [1.54, 1.807) is 0 Å². The first-order valence-electron chi connectivity index (χ1n) is 4.43. The SMILES string of the molecule is Nc1cc(F)c(C#CCCCl)cc1C(=O)O. The Labute approximate surface area is 97.0 Å². The van der Waals surface area contributed by atoms with Crippen LogP contribution in [-0.2, 0) is 0 Å². The van der Waals surface area contributed by atoms with Gasteiger partial charge < -0.3 is 10.8 Å². The van der Waals surface area contributed by atoms with Gasteiger partial charge in [0.1, 0.15) is 5.82 Å². The van der Waals surface area contributed by atoms with E-state index in [1.165, 1.54) is 0 Å². The molecule has 84 valence electrons. The number of nitrogens with two attached hydrogens (primary N) is 1. The van der Waals surface area contributed by atoms with Gasteiger partial charge >= 0.3 is 5.97 Å². The highest BCUT2D eigenvalue weighted by Crippen LogP contribution is 2.17. The molecule has 0 fully saturated rings. The molecule has 0 aliphatic heterocycles. The molecule has 0 aliphatic rings. The Morgan fingerprint density at radius 1 is 1.56 bits per heavy atom. The fraction of sp³-hybridized carbons (Fsp3) is 0.182. The second-order valence-corrected chi connectivity index (χ2v) is 3.34. The first kappa shape index (κ1) is 12.3. The largest absolute Gasteiger partial charge is 0.478 e. The van der Waals surface area contributed by atoms with Gasteiger partial charge in [-0.25, -0.2) is 9.18 Å². The fourth-order valence-electron chi connectivity index (χ4n) is 1.07. The summed E-state index contributed by atoms with van der Waals surface area (Å²) in [5.41, 5.74) is 5.09. The maximum atomic E-state index is 13.3. The molecule has 5 heteroatoms. The van der Waals surface area contributed by atoms with E-state index < -0.39 is 11.8 Å². The molecule has 0 saturated carbocycles. The normalized spacial score (nSPS) is 9.38. The van der Waals surface area contributed by atoms with E-state index in [4.69, 9.17) is 22.4 Å². The van der Waals surface area contributed by atoms with E-state index >= 15 is 0 Å². The second kappa shape index (κ2) is 5.38. The smallest absolute Gasteiger partial charge is 0.337 e. The summed E-state index contributed by atoms with van der Waals surface area (Å²) in [5, 5.41) is 8.78. The van der Waals surface area contributed by atoms with E-state index in [9.17, 15) is 9.18 Å². The molecule has 1 aromatic carbocycles. The average Bonchev–Trinajstić information content (AvgIpc) is 2.21. The van der Waals surface area contributed by atoms with Crippen molar-refractivity contribution in [3.05, 3.63) is 29.1 Å². The Morgan fingerprint density at radius 2 is 2.25 bits per heavy atom. The molecule has 0 aromatic heterocycles. The minimum Gasteiger partial charge on any atom is -0.478 e. The van der Waals surface area contributed by atoms with Crippen molar-refractivity contribution in [1.29, 1.82) is 0 Å². The van der Waals surface area contributed by atoms with Crippen LogP contribution in [0.2, 0.25) is 0 Å². The summed E-state index contributed by atoms with van der Waals surface area (Å²) >= 11 is 5.40. The summed E-state index contributed by atoms with van der Waals surface area (Å²) in [5.74, 6) is 3.63. The third-order valence-electron chi connectivity index (χ3n) is 1.81. The summed E-state index contributed by atoms with van der Waals surface area (Å²) in [6.07, 6.45) is 0.410. The predicted molar refractivity (Wildman–Crippen MR) is 60.0 cm³/mol. The Kier molecular flexibility index (Phi) is 4.15. The van der Waals surface area contributed by atoms with Crippen LogP contribution in [-0.4, -0.2) is 17.0 Å². The van der Waals surface area contributed by atoms with Gasteiger partial charge in [-0.15, -0.1) is 11.6 Å². The molecule has 0 atom stereocenters. The zero-order valence-corrected chi connectivity index (χ0v) is 9.01. The molecule has 0 heterocycles. The van der Waals surface area contributed by atoms with Crippen molar-refractivity contribution in [3.63, 3.8) is 0 Å². The van der Waals surface area contributed by atoms with Gasteiger partial charge in [-0.1, -0.05) is 11.8 Å². The number of carboxylic acids is 1. The lowest BCUT2D eigenvalue weighted by Crippen LogP contribution is -2.04. The van der Waals surface area contributed by atoms with Gasteiger partial charge in [0.05, 0.1) is 11.1 Å². The van der Waals surface area contributed by atoms with E-state index in [2.05, 4.69) is 11.8 Å². The van der Waals surface area contributed by atoms with Gasteiger partial charge in [-0.3, -0.25) is 0 Å². The van der Waals surface area contributed by atoms with Crippen LogP contribution in [0.3, 0.4) is 0 Å². The molecule has 0 saturated heterocycles. The minimum atomic E-state index is -1.21. The molecule has 0 amide bonds. The quantitative estimate of drug-likeness (QED) is 0.473. The first-order chi connectivity index (χ1) is 7.56. The number of nitrogen functional groups attached to an aromatic ring is 1. The third-order valence-corrected chi connectivity index (χ3v) is 2.00. The molecule has 16 heavy (non-hydrogen) atoms. The van der Waals surface area contributed by atoms with Gasteiger partial charge in [0, 0.05) is 18.0 Å². The van der Waals surface area contributed by atoms with Crippen LogP contribution in [0, 0.1) is 17.7 Å². The van der Waals surface area contributed by atoms with Crippen molar-refractivity contribution in [1.82, 2.24) is 0 Å². The number of rotatable bonds is 2. The van der Waals surface area contributed by atoms with Crippen LogP contribution < -0.4 is 5.73 Å². The van der Waals surface area contributed by atoms with Crippen LogP contribution in [0.1, 0.15) is 22.3 Å². The van der Waals surface area contributed by atoms with Crippen LogP contribution in [0.4, 0.5) is 10.1 Å². The van der Waals surface area contributed by atoms with Crippen molar-refractivity contribution in [2.24, 2.45) is 0 Å². The highest BCUT2D eigenvalue weighted by atomic mass is 35.5. The van der Waals surface area contributed by atoms with Crippen LogP contribution >= 0.6 is 11.6 Å². The number of alkyl halides is 1. The van der Waals surface area contributed by atoms with Crippen molar-refractivity contribution >= 4 is 23.3 Å². The first-order valence-corrected chi connectivity index (χ1v) is 4.97. The van der Waals surface area contributed by atoms with Crippen LogP contribution in [0.15, 0.2) is 12.1 Å². The molecule has 3 N–H and O–H groups in total. The van der Waals surface area contributed by atoms with Crippen LogP contribution in [0.5, 0.6) is 0 Å². The number of aromatic carboxylic acids is 1. The summed E-state index contributed by atoms with van der Waals surface area (Å²) in [6.45, 7) is 0. The molecule has 0 bridgehead atoms. The van der Waals surface area contributed by atoms with E-state index in [0.717, 1.165) is 12.1 Å². The minimum absolute atomic E-state index is 0.0108. The van der Waals surface area contributed by atoms with Gasteiger partial charge in [0.15, 0.2) is 0 Å². The van der Waals surface area contributed by atoms with Crippen molar-refractivity contribution in [2.45, 2.75) is 6.42 Å². The van der Waals surface area contributed by atoms with E-state index in [0.29, 0.717) is 12.3 Å². The zero-order chi connectivity index (χ0) is 12.1. The highest BCUT2D eigenvalue weighted by molar-refractivity contribution is 6.18. The zero-order valence-electron chi connectivity index (χ0n) is 8.26. The predicted octanol–water partition coefficient (Wildman–Crippen LogP) is 2.09. The number of carboxylic acid groups (broad SMARTS) is 1. The van der Waals surface area contributed by atoms with Gasteiger partial charge in [0.2, 0.25) is 0 Å². The Bertz CT molecular complexity index is 477. The van der Waals surface area contributed by atoms with Crippen molar-refractivity contribution in [2.75, 3.05) is 11.6 Å². The molecule has 3 nitrogen and oxygen atoms in total. The topological polar surface area (TPSA) is 63.3 Å². The summed E-state index contributed by atoms with van der Waals surface area (Å²) in [7, 11) is 0. The van der Waals surface area contributed by atoms with Gasteiger partial charge in [-0.2, -0.15) is 0 Å². The monoisotopic (exact) mass is 241 g/mol. The maximum Gasteiger partial charge on any atom is 0.337 e. The Balaban J connectivity index is 3.16. The number of hydrogen-bond acceptors (Lipinski definition) is 2. The van der Waals surface area contributed by atoms with Crippen molar-refractivity contribution in [3.8, 4) is 11.8 Å². The molecule has 0 aliphatic carbocycles. The highest BCUT2D eigenvalue weighted by Gasteiger charge is 2.11. The molecule has 0 unspecified atom stereocenters. The standard InChI is InChI=1S/C11H9ClFNO2/c12-4-2-1-3-7-5-8(11(15)16)10(14)6-9(7)13/h5-6H,2,4,14H2,(H,15,16). The second-order valence-electron chi connectivity index (χ2n) is 2.97. The number of hydrogen-bond donors (Lipinski definition) is 2. The van der Waals surface area contributed by atoms with E-state index in [1.807, 2.05) is 0 Å². The van der Waals surface area contributed by atoms with Gasteiger partial charge in [0.25, 0.3) is 0 Å². The van der Waals surface area contributed by atoms with Crippen LogP contribution in [0.25, 0.3) is 0 Å². The summed E-state index contributed by atoms with van der Waals surface area (Å²) < 4.78 is 13.3. The number of carbonyl (C=O) groups is 1. The third kappa shape index (κ3) is 2.88. The lowest BCUT2D eigenvalue weighted by atomic mass is 10.1. The van der Waals surface area contributed by atoms with E-state index in [-0.39, 0.29) is 16.8 Å². The Hall–Kier alpha value is -1.73. The lowest BCUT2D eigenvalue weighted by molar-refractivity contribution is 0.0698. The molecular weight excluding hydrogens is 233 g/mol. The number of anilines is 1. The molecule has 1 aromatic rings. The number of benzene rings is 1. The summed E-state index contributed by atoms with van der Waals surface area (Å²) in [6, 6.07) is 2.07. The lowest BCUT2D eigenvalue weighted by Gasteiger charge is -2.02. The molecule has 0 radical (unpaired) electrons. The molecule has 1 rings (SSSR count). The average molecular weight is 242 g/mol. The van der Waals surface area contributed by atoms with Crippen molar-refractivity contribution < 1.29 is 14.3 Å². The fourth-order valence-corrected chi connectivity index (χ4v) is 1.17. The maximum absolute atomic E-state index is 13.3. The summed E-state index contributed by atoms with van der Waals surface area (Å²) in [4.78, 5) is 10.7. The molecular formula is C11H9ClFNO2. The molecule has 0 spiro atoms.